The molecule has 2 aromatic carbocycles. The van der Waals surface area contributed by atoms with E-state index in [0.717, 1.165) is 11.4 Å². The Morgan fingerprint density at radius 1 is 1.10 bits per heavy atom. The number of nitrogens with one attached hydrogen (secondary N) is 1. The smallest absolute Gasteiger partial charge is 0.360 e. The van der Waals surface area contributed by atoms with Gasteiger partial charge in [0, 0.05) is 24.2 Å². The van der Waals surface area contributed by atoms with Crippen molar-refractivity contribution < 1.29 is 18.7 Å². The Hall–Kier alpha value is -3.81. The first-order chi connectivity index (χ1) is 14.5. The zero-order valence-corrected chi connectivity index (χ0v) is 16.5. The fourth-order valence-electron chi connectivity index (χ4n) is 3.37. The van der Waals surface area contributed by atoms with Crippen LogP contribution in [0.2, 0.25) is 0 Å². The average molecular weight is 407 g/mol. The molecule has 1 aliphatic heterocycles. The molecule has 3 aromatic rings. The van der Waals surface area contributed by atoms with Gasteiger partial charge in [-0.2, -0.15) is 0 Å². The van der Waals surface area contributed by atoms with E-state index in [9.17, 15) is 14.4 Å². The first-order valence-corrected chi connectivity index (χ1v) is 9.67. The van der Waals surface area contributed by atoms with E-state index in [0.29, 0.717) is 30.7 Å². The molecule has 0 spiro atoms. The largest absolute Gasteiger partial charge is 0.494 e. The van der Waals surface area contributed by atoms with Crippen molar-refractivity contribution in [3.8, 4) is 5.75 Å². The van der Waals surface area contributed by atoms with E-state index in [4.69, 9.17) is 9.15 Å². The summed E-state index contributed by atoms with van der Waals surface area (Å²) >= 11 is 0. The quantitative estimate of drug-likeness (QED) is 0.634. The van der Waals surface area contributed by atoms with E-state index < -0.39 is 11.5 Å². The summed E-state index contributed by atoms with van der Waals surface area (Å²) in [5.74, 6) is 0.276. The Labute approximate surface area is 172 Å². The SMILES string of the molecule is CCOc1ccc(N2CCN(CC(=O)Nc3cc4ccccc4oc3=O)C2=O)cc1. The van der Waals surface area contributed by atoms with Crippen LogP contribution in [-0.4, -0.2) is 43.1 Å². The van der Waals surface area contributed by atoms with Gasteiger partial charge in [0.05, 0.1) is 6.61 Å². The van der Waals surface area contributed by atoms with Crippen molar-refractivity contribution >= 4 is 34.3 Å². The molecule has 1 aliphatic rings. The fourth-order valence-corrected chi connectivity index (χ4v) is 3.37. The number of anilines is 2. The van der Waals surface area contributed by atoms with Gasteiger partial charge in [0.2, 0.25) is 5.91 Å². The molecule has 30 heavy (non-hydrogen) atoms. The highest BCUT2D eigenvalue weighted by molar-refractivity contribution is 5.99. The second-order valence-electron chi connectivity index (χ2n) is 6.82. The van der Waals surface area contributed by atoms with Crippen molar-refractivity contribution in [3.63, 3.8) is 0 Å². The van der Waals surface area contributed by atoms with E-state index in [1.165, 1.54) is 4.90 Å². The highest BCUT2D eigenvalue weighted by atomic mass is 16.5. The molecule has 4 rings (SSSR count). The van der Waals surface area contributed by atoms with Crippen LogP contribution in [0.3, 0.4) is 0 Å². The molecule has 2 heterocycles. The Morgan fingerprint density at radius 2 is 1.87 bits per heavy atom. The number of para-hydroxylation sites is 1. The Bertz CT molecular complexity index is 1140. The molecule has 0 aliphatic carbocycles. The molecule has 1 fully saturated rings. The second kappa shape index (κ2) is 8.28. The van der Waals surface area contributed by atoms with Gasteiger partial charge in [-0.1, -0.05) is 18.2 Å². The number of hydrogen-bond acceptors (Lipinski definition) is 5. The monoisotopic (exact) mass is 407 g/mol. The van der Waals surface area contributed by atoms with Crippen molar-refractivity contribution in [2.75, 3.05) is 36.5 Å². The van der Waals surface area contributed by atoms with E-state index >= 15 is 0 Å². The molecule has 0 atom stereocenters. The van der Waals surface area contributed by atoms with E-state index in [-0.39, 0.29) is 18.3 Å². The van der Waals surface area contributed by atoms with Crippen molar-refractivity contribution in [1.82, 2.24) is 4.90 Å². The number of rotatable bonds is 6. The number of ether oxygens (including phenoxy) is 1. The van der Waals surface area contributed by atoms with Gasteiger partial charge in [0.1, 0.15) is 23.6 Å². The average Bonchev–Trinajstić information content (AvgIpc) is 3.09. The lowest BCUT2D eigenvalue weighted by Crippen LogP contribution is -2.37. The van der Waals surface area contributed by atoms with Gasteiger partial charge in [-0.25, -0.2) is 9.59 Å². The standard InChI is InChI=1S/C22H21N3O5/c1-2-29-17-9-7-16(8-10-17)25-12-11-24(22(25)28)14-20(26)23-18-13-15-5-3-4-6-19(15)30-21(18)27/h3-10,13H,2,11-12,14H2,1H3,(H,23,26). The molecule has 1 aromatic heterocycles. The third kappa shape index (κ3) is 3.98. The molecule has 8 heteroatoms. The number of carbonyl (C=O) groups is 2. The Balaban J connectivity index is 1.41. The third-order valence-corrected chi connectivity index (χ3v) is 4.80. The Morgan fingerprint density at radius 3 is 2.63 bits per heavy atom. The third-order valence-electron chi connectivity index (χ3n) is 4.80. The topological polar surface area (TPSA) is 92.1 Å². The van der Waals surface area contributed by atoms with Gasteiger partial charge < -0.3 is 19.4 Å². The molecule has 3 amide bonds. The molecule has 8 nitrogen and oxygen atoms in total. The Kier molecular flexibility index (Phi) is 5.38. The highest BCUT2D eigenvalue weighted by Gasteiger charge is 2.31. The van der Waals surface area contributed by atoms with Gasteiger partial charge in [0.15, 0.2) is 0 Å². The minimum Gasteiger partial charge on any atom is -0.494 e. The molecule has 0 saturated carbocycles. The van der Waals surface area contributed by atoms with Gasteiger partial charge >= 0.3 is 11.7 Å². The van der Waals surface area contributed by atoms with Crippen LogP contribution in [0.15, 0.2) is 63.8 Å². The predicted molar refractivity (Wildman–Crippen MR) is 113 cm³/mol. The molecular weight excluding hydrogens is 386 g/mol. The minimum atomic E-state index is -0.634. The van der Waals surface area contributed by atoms with Gasteiger partial charge in [0.25, 0.3) is 0 Å². The van der Waals surface area contributed by atoms with Crippen molar-refractivity contribution in [2.24, 2.45) is 0 Å². The van der Waals surface area contributed by atoms with Crippen LogP contribution in [0.25, 0.3) is 11.0 Å². The molecule has 0 unspecified atom stereocenters. The maximum absolute atomic E-state index is 12.7. The van der Waals surface area contributed by atoms with Crippen LogP contribution in [0.1, 0.15) is 6.92 Å². The molecule has 0 radical (unpaired) electrons. The van der Waals surface area contributed by atoms with Crippen molar-refractivity contribution in [1.29, 1.82) is 0 Å². The summed E-state index contributed by atoms with van der Waals surface area (Å²) in [6.07, 6.45) is 0. The summed E-state index contributed by atoms with van der Waals surface area (Å²) in [7, 11) is 0. The number of nitrogens with zero attached hydrogens (tertiary/aromatic N) is 2. The van der Waals surface area contributed by atoms with Crippen molar-refractivity contribution in [3.05, 3.63) is 65.0 Å². The zero-order valence-electron chi connectivity index (χ0n) is 16.5. The lowest BCUT2D eigenvalue weighted by atomic mass is 10.2. The zero-order chi connectivity index (χ0) is 21.1. The number of hydrogen-bond donors (Lipinski definition) is 1. The molecular formula is C22H21N3O5. The van der Waals surface area contributed by atoms with Gasteiger partial charge in [-0.15, -0.1) is 0 Å². The maximum Gasteiger partial charge on any atom is 0.360 e. The van der Waals surface area contributed by atoms with Crippen LogP contribution in [0.4, 0.5) is 16.2 Å². The number of benzene rings is 2. The van der Waals surface area contributed by atoms with Crippen molar-refractivity contribution in [2.45, 2.75) is 6.92 Å². The van der Waals surface area contributed by atoms with E-state index in [1.807, 2.05) is 25.1 Å². The summed E-state index contributed by atoms with van der Waals surface area (Å²) in [5.41, 5.74) is 0.599. The molecule has 1 N–H and O–H groups in total. The summed E-state index contributed by atoms with van der Waals surface area (Å²) in [6.45, 7) is 3.20. The first-order valence-electron chi connectivity index (χ1n) is 9.67. The lowest BCUT2D eigenvalue weighted by Gasteiger charge is -2.18. The number of carbonyl (C=O) groups excluding carboxylic acids is 2. The normalized spacial score (nSPS) is 13.7. The molecule has 1 saturated heterocycles. The summed E-state index contributed by atoms with van der Waals surface area (Å²) in [6, 6.07) is 15.6. The summed E-state index contributed by atoms with van der Waals surface area (Å²) < 4.78 is 10.6. The number of fused-ring (bicyclic) bond motifs is 1. The van der Waals surface area contributed by atoms with Gasteiger partial charge in [-0.05, 0) is 43.3 Å². The molecule has 154 valence electrons. The molecule has 0 bridgehead atoms. The van der Waals surface area contributed by atoms with Crippen LogP contribution in [0.5, 0.6) is 5.75 Å². The summed E-state index contributed by atoms with van der Waals surface area (Å²) in [5, 5.41) is 3.25. The van der Waals surface area contributed by atoms with Crippen LogP contribution in [-0.2, 0) is 4.79 Å². The fraction of sp³-hybridized carbons (Fsp3) is 0.227. The number of urea groups is 1. The summed E-state index contributed by atoms with van der Waals surface area (Å²) in [4.78, 5) is 40.3. The first kappa shape index (κ1) is 19.5. The maximum atomic E-state index is 12.7. The highest BCUT2D eigenvalue weighted by Crippen LogP contribution is 2.23. The predicted octanol–water partition coefficient (Wildman–Crippen LogP) is 3.07. The van der Waals surface area contributed by atoms with Crippen LogP contribution >= 0.6 is 0 Å². The lowest BCUT2D eigenvalue weighted by molar-refractivity contribution is -0.116. The van der Waals surface area contributed by atoms with Gasteiger partial charge in [-0.3, -0.25) is 9.69 Å². The van der Waals surface area contributed by atoms with E-state index in [1.54, 1.807) is 41.3 Å². The van der Waals surface area contributed by atoms with Crippen LogP contribution < -0.4 is 20.6 Å². The van der Waals surface area contributed by atoms with Crippen LogP contribution in [0, 0.1) is 0 Å². The number of amides is 3. The minimum absolute atomic E-state index is 0.0497. The second-order valence-corrected chi connectivity index (χ2v) is 6.82. The van der Waals surface area contributed by atoms with E-state index in [2.05, 4.69) is 5.32 Å².